The van der Waals surface area contributed by atoms with E-state index in [1.165, 1.54) is 7.11 Å². The number of carbonyl (C=O) groups excluding carboxylic acids is 1. The Kier molecular flexibility index (Phi) is 6.85. The molecule has 1 aromatic heterocycles. The minimum absolute atomic E-state index is 0.189. The summed E-state index contributed by atoms with van der Waals surface area (Å²) in [6.45, 7) is 3.02. The van der Waals surface area contributed by atoms with Gasteiger partial charge in [0.15, 0.2) is 0 Å². The van der Waals surface area contributed by atoms with Gasteiger partial charge in [0, 0.05) is 54.8 Å². The van der Waals surface area contributed by atoms with E-state index in [4.69, 9.17) is 4.74 Å². The van der Waals surface area contributed by atoms with Gasteiger partial charge < -0.3 is 29.7 Å². The van der Waals surface area contributed by atoms with Crippen LogP contribution in [0.3, 0.4) is 0 Å². The van der Waals surface area contributed by atoms with Crippen LogP contribution >= 0.6 is 0 Å². The van der Waals surface area contributed by atoms with Gasteiger partial charge in [0.1, 0.15) is 0 Å². The summed E-state index contributed by atoms with van der Waals surface area (Å²) in [6, 6.07) is 8.00. The second kappa shape index (κ2) is 9.20. The van der Waals surface area contributed by atoms with Crippen LogP contribution in [0.25, 0.3) is 10.9 Å². The molecule has 3 rings (SSSR count). The highest BCUT2D eigenvalue weighted by Crippen LogP contribution is 2.38. The molecule has 0 bridgehead atoms. The first kappa shape index (κ1) is 22.3. The van der Waals surface area contributed by atoms with Gasteiger partial charge in [-0.3, -0.25) is 0 Å². The largest absolute Gasteiger partial charge is 0.466 e. The summed E-state index contributed by atoms with van der Waals surface area (Å²) in [7, 11) is 7.22. The van der Waals surface area contributed by atoms with Crippen LogP contribution in [0.1, 0.15) is 30.7 Å². The minimum atomic E-state index is -0.810. The summed E-state index contributed by atoms with van der Waals surface area (Å²) in [6.07, 6.45) is 0.656. The number of esters is 1. The SMILES string of the molecule is COC(=O)C1=CN(C)C[C@H]([C@@H](C)O)[C@@H]1CC(O)c1[nH]c2ccccc2c1CN(C)C. The number of aliphatic hydroxyl groups excluding tert-OH is 2. The third-order valence-electron chi connectivity index (χ3n) is 5.95. The van der Waals surface area contributed by atoms with E-state index in [0.29, 0.717) is 25.1 Å². The van der Waals surface area contributed by atoms with Crippen molar-refractivity contribution < 1.29 is 19.7 Å². The van der Waals surface area contributed by atoms with Crippen molar-refractivity contribution in [2.24, 2.45) is 11.8 Å². The number of fused-ring (bicyclic) bond motifs is 1. The monoisotopic (exact) mass is 415 g/mol. The lowest BCUT2D eigenvalue weighted by atomic mass is 9.76. The van der Waals surface area contributed by atoms with Crippen LogP contribution in [0.15, 0.2) is 36.0 Å². The lowest BCUT2D eigenvalue weighted by molar-refractivity contribution is -0.137. The number of nitrogens with zero attached hydrogens (tertiary/aromatic N) is 2. The van der Waals surface area contributed by atoms with Crippen molar-refractivity contribution in [2.45, 2.75) is 32.1 Å². The lowest BCUT2D eigenvalue weighted by Gasteiger charge is -2.38. The lowest BCUT2D eigenvalue weighted by Crippen LogP contribution is -2.42. The van der Waals surface area contributed by atoms with Gasteiger partial charge in [0.05, 0.1) is 24.9 Å². The second-order valence-electron chi connectivity index (χ2n) is 8.58. The number of aliphatic hydroxyl groups is 2. The van der Waals surface area contributed by atoms with Crippen LogP contribution in [0.2, 0.25) is 0 Å². The van der Waals surface area contributed by atoms with Gasteiger partial charge in [0.25, 0.3) is 0 Å². The molecule has 2 heterocycles. The van der Waals surface area contributed by atoms with Gasteiger partial charge in [-0.05, 0) is 39.1 Å². The molecule has 0 amide bonds. The quantitative estimate of drug-likeness (QED) is 0.601. The first-order valence-corrected chi connectivity index (χ1v) is 10.3. The standard InChI is InChI=1S/C23H33N3O4/c1-14(27)17-12-26(4)13-19(23(29)30-5)16(17)10-21(28)22-18(11-25(2)3)15-8-6-7-9-20(15)24-22/h6-9,13-14,16-17,21,24,27-28H,10-12H2,1-5H3/t14-,16+,17-,21?/m1/s1. The maximum absolute atomic E-state index is 12.5. The Morgan fingerprint density at radius 1 is 1.33 bits per heavy atom. The molecule has 0 radical (unpaired) electrons. The first-order chi connectivity index (χ1) is 14.2. The molecule has 4 atom stereocenters. The number of carbonyl (C=O) groups is 1. The van der Waals surface area contributed by atoms with Crippen LogP contribution in [-0.4, -0.2) is 71.9 Å². The number of ether oxygens (including phenoxy) is 1. The fourth-order valence-corrected chi connectivity index (χ4v) is 4.54. The Morgan fingerprint density at radius 2 is 2.03 bits per heavy atom. The number of aromatic amines is 1. The third-order valence-corrected chi connectivity index (χ3v) is 5.95. The van der Waals surface area contributed by atoms with E-state index in [1.807, 2.05) is 44.2 Å². The van der Waals surface area contributed by atoms with Gasteiger partial charge in [-0.15, -0.1) is 0 Å². The number of hydrogen-bond donors (Lipinski definition) is 3. The average Bonchev–Trinajstić information content (AvgIpc) is 3.06. The second-order valence-corrected chi connectivity index (χ2v) is 8.58. The molecule has 0 aliphatic carbocycles. The number of aromatic nitrogens is 1. The fraction of sp³-hybridized carbons (Fsp3) is 0.522. The molecule has 164 valence electrons. The van der Waals surface area contributed by atoms with Crippen molar-refractivity contribution in [1.82, 2.24) is 14.8 Å². The Bertz CT molecular complexity index is 918. The fourth-order valence-electron chi connectivity index (χ4n) is 4.54. The Balaban J connectivity index is 1.99. The smallest absolute Gasteiger partial charge is 0.335 e. The number of hydrogen-bond acceptors (Lipinski definition) is 6. The van der Waals surface area contributed by atoms with Crippen molar-refractivity contribution in [1.29, 1.82) is 0 Å². The number of para-hydroxylation sites is 1. The van der Waals surface area contributed by atoms with E-state index in [2.05, 4.69) is 16.0 Å². The molecule has 1 aliphatic heterocycles. The molecule has 7 heteroatoms. The van der Waals surface area contributed by atoms with Gasteiger partial charge in [-0.2, -0.15) is 0 Å². The molecule has 2 aromatic rings. The van der Waals surface area contributed by atoms with Crippen molar-refractivity contribution >= 4 is 16.9 Å². The molecule has 0 saturated heterocycles. The molecule has 7 nitrogen and oxygen atoms in total. The minimum Gasteiger partial charge on any atom is -0.466 e. The summed E-state index contributed by atoms with van der Waals surface area (Å²) in [5.74, 6) is -0.928. The first-order valence-electron chi connectivity index (χ1n) is 10.3. The van der Waals surface area contributed by atoms with E-state index in [9.17, 15) is 15.0 Å². The zero-order valence-corrected chi connectivity index (χ0v) is 18.4. The van der Waals surface area contributed by atoms with Crippen molar-refractivity contribution in [2.75, 3.05) is 34.8 Å². The molecular formula is C23H33N3O4. The Morgan fingerprint density at radius 3 is 2.67 bits per heavy atom. The van der Waals surface area contributed by atoms with E-state index in [1.54, 1.807) is 13.1 Å². The zero-order valence-electron chi connectivity index (χ0n) is 18.4. The van der Waals surface area contributed by atoms with Crippen LogP contribution in [-0.2, 0) is 16.1 Å². The van der Waals surface area contributed by atoms with E-state index < -0.39 is 18.2 Å². The molecule has 0 spiro atoms. The summed E-state index contributed by atoms with van der Waals surface area (Å²) in [5, 5.41) is 22.8. The summed E-state index contributed by atoms with van der Waals surface area (Å²) >= 11 is 0. The predicted molar refractivity (Wildman–Crippen MR) is 117 cm³/mol. The molecule has 3 N–H and O–H groups in total. The highest BCUT2D eigenvalue weighted by Gasteiger charge is 2.38. The summed E-state index contributed by atoms with van der Waals surface area (Å²) in [5.41, 5.74) is 3.27. The van der Waals surface area contributed by atoms with E-state index in [0.717, 1.165) is 22.2 Å². The Labute approximate surface area is 177 Å². The Hall–Kier alpha value is -2.35. The van der Waals surface area contributed by atoms with Crippen molar-refractivity contribution in [3.63, 3.8) is 0 Å². The topological polar surface area (TPSA) is 89.0 Å². The molecule has 1 unspecified atom stereocenters. The summed E-state index contributed by atoms with van der Waals surface area (Å²) in [4.78, 5) is 19.8. The zero-order chi connectivity index (χ0) is 22.0. The van der Waals surface area contributed by atoms with Crippen molar-refractivity contribution in [3.05, 3.63) is 47.3 Å². The van der Waals surface area contributed by atoms with Crippen LogP contribution in [0, 0.1) is 11.8 Å². The molecule has 1 aliphatic rings. The van der Waals surface area contributed by atoms with Gasteiger partial charge in [-0.25, -0.2) is 4.79 Å². The molecular weight excluding hydrogens is 382 g/mol. The third kappa shape index (κ3) is 4.53. The highest BCUT2D eigenvalue weighted by atomic mass is 16.5. The molecule has 0 fully saturated rings. The number of methoxy groups -OCH3 is 1. The van der Waals surface area contributed by atoms with Crippen LogP contribution in [0.4, 0.5) is 0 Å². The van der Waals surface area contributed by atoms with Gasteiger partial charge >= 0.3 is 5.97 Å². The van der Waals surface area contributed by atoms with E-state index in [-0.39, 0.29) is 11.8 Å². The number of H-pyrrole nitrogens is 1. The maximum Gasteiger partial charge on any atom is 0.335 e. The molecule has 0 saturated carbocycles. The van der Waals surface area contributed by atoms with Gasteiger partial charge in [0.2, 0.25) is 0 Å². The molecule has 30 heavy (non-hydrogen) atoms. The predicted octanol–water partition coefficient (Wildman–Crippen LogP) is 2.27. The number of rotatable bonds is 7. The number of benzene rings is 1. The van der Waals surface area contributed by atoms with E-state index >= 15 is 0 Å². The maximum atomic E-state index is 12.5. The van der Waals surface area contributed by atoms with Crippen molar-refractivity contribution in [3.8, 4) is 0 Å². The molecule has 1 aromatic carbocycles. The average molecular weight is 416 g/mol. The summed E-state index contributed by atoms with van der Waals surface area (Å²) < 4.78 is 5.00. The normalized spacial score (nSPS) is 21.6. The highest BCUT2D eigenvalue weighted by molar-refractivity contribution is 5.89. The van der Waals surface area contributed by atoms with Crippen LogP contribution in [0.5, 0.6) is 0 Å². The number of nitrogens with one attached hydrogen (secondary N) is 1. The van der Waals surface area contributed by atoms with Crippen LogP contribution < -0.4 is 0 Å². The van der Waals surface area contributed by atoms with Gasteiger partial charge in [-0.1, -0.05) is 18.2 Å².